The van der Waals surface area contributed by atoms with E-state index in [4.69, 9.17) is 21.6 Å². The summed E-state index contributed by atoms with van der Waals surface area (Å²) in [5, 5.41) is 30.2. The zero-order valence-electron chi connectivity index (χ0n) is 19.8. The van der Waals surface area contributed by atoms with Crippen LogP contribution in [0.5, 0.6) is 5.75 Å². The fraction of sp³-hybridized carbons (Fsp3) is 0.286. The van der Waals surface area contributed by atoms with Crippen LogP contribution >= 0.6 is 11.6 Å². The van der Waals surface area contributed by atoms with Crippen LogP contribution in [0.25, 0.3) is 0 Å². The molecule has 1 N–H and O–H groups in total. The highest BCUT2D eigenvalue weighted by molar-refractivity contribution is 6.33. The van der Waals surface area contributed by atoms with E-state index in [-0.39, 0.29) is 6.04 Å². The fourth-order valence-electron chi connectivity index (χ4n) is 4.65. The van der Waals surface area contributed by atoms with Crippen LogP contribution in [-0.4, -0.2) is 43.3 Å². The van der Waals surface area contributed by atoms with Crippen molar-refractivity contribution < 1.29 is 9.84 Å². The number of anilines is 1. The van der Waals surface area contributed by atoms with Crippen LogP contribution in [0.4, 0.5) is 5.69 Å². The molecule has 4 rings (SSSR count). The van der Waals surface area contributed by atoms with E-state index in [9.17, 15) is 10.4 Å². The number of ether oxygens (including phenoxy) is 1. The lowest BCUT2D eigenvalue weighted by Gasteiger charge is -2.45. The maximum absolute atomic E-state index is 11.3. The van der Waals surface area contributed by atoms with E-state index < -0.39 is 5.60 Å². The number of hydrogen-bond acceptors (Lipinski definition) is 6. The Morgan fingerprint density at radius 1 is 1.03 bits per heavy atom. The highest BCUT2D eigenvalue weighted by Gasteiger charge is 2.34. The lowest BCUT2D eigenvalue weighted by molar-refractivity contribution is 0.0103. The van der Waals surface area contributed by atoms with Crippen molar-refractivity contribution in [1.29, 1.82) is 10.5 Å². The Morgan fingerprint density at radius 2 is 1.74 bits per heavy atom. The molecule has 7 heteroatoms. The van der Waals surface area contributed by atoms with Gasteiger partial charge in [0.1, 0.15) is 5.75 Å². The van der Waals surface area contributed by atoms with Gasteiger partial charge in [-0.15, -0.1) is 0 Å². The zero-order valence-corrected chi connectivity index (χ0v) is 20.5. The summed E-state index contributed by atoms with van der Waals surface area (Å²) in [5.41, 5.74) is 2.72. The Labute approximate surface area is 211 Å². The second kappa shape index (κ2) is 10.4. The molecular weight excluding hydrogens is 460 g/mol. The number of aliphatic hydroxyl groups is 1. The Hall–Kier alpha value is -3.55. The molecular formula is C28H27ClN4O2. The Balaban J connectivity index is 1.63. The molecule has 1 aliphatic rings. The van der Waals surface area contributed by atoms with E-state index in [1.807, 2.05) is 36.4 Å². The summed E-state index contributed by atoms with van der Waals surface area (Å²) < 4.78 is 5.47. The van der Waals surface area contributed by atoms with Gasteiger partial charge >= 0.3 is 0 Å². The minimum atomic E-state index is -1.08. The topological polar surface area (TPSA) is 83.5 Å². The summed E-state index contributed by atoms with van der Waals surface area (Å²) in [7, 11) is 1.65. The van der Waals surface area contributed by atoms with E-state index in [0.29, 0.717) is 35.8 Å². The van der Waals surface area contributed by atoms with Crippen molar-refractivity contribution in [3.63, 3.8) is 0 Å². The van der Waals surface area contributed by atoms with Crippen molar-refractivity contribution >= 4 is 17.3 Å². The normalized spacial score (nSPS) is 17.8. The minimum Gasteiger partial charge on any atom is -0.497 e. The average Bonchev–Trinajstić information content (AvgIpc) is 2.88. The summed E-state index contributed by atoms with van der Waals surface area (Å²) in [6.45, 7) is 4.32. The van der Waals surface area contributed by atoms with Gasteiger partial charge in [-0.1, -0.05) is 35.9 Å². The largest absolute Gasteiger partial charge is 0.497 e. The van der Waals surface area contributed by atoms with Gasteiger partial charge in [0, 0.05) is 26.2 Å². The van der Waals surface area contributed by atoms with Crippen molar-refractivity contribution in [3.8, 4) is 17.9 Å². The van der Waals surface area contributed by atoms with Crippen LogP contribution in [0.2, 0.25) is 5.02 Å². The van der Waals surface area contributed by atoms with E-state index >= 15 is 0 Å². The van der Waals surface area contributed by atoms with Crippen molar-refractivity contribution in [2.24, 2.45) is 0 Å². The van der Waals surface area contributed by atoms with Crippen LogP contribution in [0.1, 0.15) is 35.2 Å². The molecule has 1 heterocycles. The molecule has 0 radical (unpaired) electrons. The molecule has 0 aliphatic carbocycles. The van der Waals surface area contributed by atoms with Gasteiger partial charge in [0.15, 0.2) is 0 Å². The quantitative estimate of drug-likeness (QED) is 0.535. The number of nitrogens with zero attached hydrogens (tertiary/aromatic N) is 4. The average molecular weight is 487 g/mol. The third-order valence-corrected chi connectivity index (χ3v) is 6.80. The molecule has 0 bridgehead atoms. The summed E-state index contributed by atoms with van der Waals surface area (Å²) in [5.74, 6) is 0.773. The predicted molar refractivity (Wildman–Crippen MR) is 136 cm³/mol. The molecule has 0 saturated carbocycles. The molecule has 0 unspecified atom stereocenters. The molecule has 6 nitrogen and oxygen atoms in total. The van der Waals surface area contributed by atoms with Gasteiger partial charge < -0.3 is 14.7 Å². The first kappa shape index (κ1) is 24.6. The van der Waals surface area contributed by atoms with Gasteiger partial charge in [-0.05, 0) is 60.5 Å². The van der Waals surface area contributed by atoms with Crippen LogP contribution in [-0.2, 0) is 5.60 Å². The van der Waals surface area contributed by atoms with Crippen molar-refractivity contribution in [1.82, 2.24) is 4.90 Å². The lowest BCUT2D eigenvalue weighted by Crippen LogP contribution is -2.52. The first-order chi connectivity index (χ1) is 16.8. The lowest BCUT2D eigenvalue weighted by atomic mass is 9.93. The number of hydrogen-bond donors (Lipinski definition) is 1. The SMILES string of the molecule is COc1cccc([C@@H]2CN(C[C@@](C)(O)c3ccc(C#N)cc3)CCN2c2ccc(C#N)cc2Cl)c1. The number of piperazine rings is 1. The zero-order chi connectivity index (χ0) is 25.0. The van der Waals surface area contributed by atoms with Crippen LogP contribution < -0.4 is 9.64 Å². The maximum atomic E-state index is 11.3. The standard InChI is InChI=1S/C28H27ClN4O2/c1-28(34,23-9-6-20(16-30)7-10-23)19-32-12-13-33(26-11-8-21(17-31)14-25(26)29)27(18-32)22-4-3-5-24(15-22)35-2/h3-11,14-15,27,34H,12-13,18-19H2,1-2H3/t27-,28+/m0/s1. The first-order valence-electron chi connectivity index (χ1n) is 11.4. The number of halogens is 1. The van der Waals surface area contributed by atoms with Crippen molar-refractivity contribution in [2.45, 2.75) is 18.6 Å². The molecule has 3 aromatic rings. The number of β-amino-alcohol motifs (C(OH)–C–C–N with tert-alkyl or cyclic N) is 1. The molecule has 0 aromatic heterocycles. The molecule has 35 heavy (non-hydrogen) atoms. The van der Waals surface area contributed by atoms with Gasteiger partial charge in [0.2, 0.25) is 0 Å². The summed E-state index contributed by atoms with van der Waals surface area (Å²) >= 11 is 6.61. The monoisotopic (exact) mass is 486 g/mol. The number of methoxy groups -OCH3 is 1. The molecule has 0 spiro atoms. The Morgan fingerprint density at radius 3 is 2.40 bits per heavy atom. The van der Waals surface area contributed by atoms with Crippen LogP contribution in [0, 0.1) is 22.7 Å². The van der Waals surface area contributed by atoms with Gasteiger partial charge in [-0.3, -0.25) is 4.90 Å². The first-order valence-corrected chi connectivity index (χ1v) is 11.8. The highest BCUT2D eigenvalue weighted by Crippen LogP contribution is 2.37. The summed E-state index contributed by atoms with van der Waals surface area (Å²) in [6.07, 6.45) is 0. The molecule has 1 fully saturated rings. The summed E-state index contributed by atoms with van der Waals surface area (Å²) in [4.78, 5) is 4.50. The molecule has 1 aliphatic heterocycles. The molecule has 0 amide bonds. The Bertz CT molecular complexity index is 1280. The van der Waals surface area contributed by atoms with E-state index in [1.54, 1.807) is 38.3 Å². The minimum absolute atomic E-state index is 0.0407. The van der Waals surface area contributed by atoms with Crippen LogP contribution in [0.3, 0.4) is 0 Å². The van der Waals surface area contributed by atoms with Crippen molar-refractivity contribution in [3.05, 3.63) is 94.0 Å². The maximum Gasteiger partial charge on any atom is 0.119 e. The molecule has 3 aromatic carbocycles. The number of benzene rings is 3. The van der Waals surface area contributed by atoms with Gasteiger partial charge in [-0.2, -0.15) is 10.5 Å². The van der Waals surface area contributed by atoms with Gasteiger partial charge in [0.05, 0.1) is 52.7 Å². The summed E-state index contributed by atoms with van der Waals surface area (Å²) in [6, 6.07) is 24.7. The van der Waals surface area contributed by atoms with E-state index in [1.165, 1.54) is 0 Å². The second-order valence-electron chi connectivity index (χ2n) is 8.96. The predicted octanol–water partition coefficient (Wildman–Crippen LogP) is 4.86. The molecule has 2 atom stereocenters. The highest BCUT2D eigenvalue weighted by atomic mass is 35.5. The smallest absolute Gasteiger partial charge is 0.119 e. The van der Waals surface area contributed by atoms with Gasteiger partial charge in [-0.25, -0.2) is 0 Å². The second-order valence-corrected chi connectivity index (χ2v) is 9.37. The molecule has 1 saturated heterocycles. The molecule has 178 valence electrons. The fourth-order valence-corrected chi connectivity index (χ4v) is 4.93. The van der Waals surface area contributed by atoms with E-state index in [2.05, 4.69) is 28.0 Å². The van der Waals surface area contributed by atoms with Crippen LogP contribution in [0.15, 0.2) is 66.7 Å². The number of nitriles is 2. The van der Waals surface area contributed by atoms with Crippen molar-refractivity contribution in [2.75, 3.05) is 38.2 Å². The van der Waals surface area contributed by atoms with E-state index in [0.717, 1.165) is 29.1 Å². The Kier molecular flexibility index (Phi) is 7.28. The van der Waals surface area contributed by atoms with Gasteiger partial charge in [0.25, 0.3) is 0 Å². The third-order valence-electron chi connectivity index (χ3n) is 6.50. The third kappa shape index (κ3) is 5.42. The number of rotatable bonds is 6.